The molecule has 15 heavy (non-hydrogen) atoms. The van der Waals surface area contributed by atoms with Crippen LogP contribution in [0.5, 0.6) is 0 Å². The van der Waals surface area contributed by atoms with Crippen molar-refractivity contribution < 1.29 is 0 Å². The van der Waals surface area contributed by atoms with Crippen molar-refractivity contribution in [1.82, 2.24) is 10.2 Å². The van der Waals surface area contributed by atoms with Crippen LogP contribution in [-0.4, -0.2) is 30.1 Å². The van der Waals surface area contributed by atoms with Gasteiger partial charge in [0.1, 0.15) is 0 Å². The normalized spacial score (nSPS) is 30.7. The quantitative estimate of drug-likeness (QED) is 0.784. The van der Waals surface area contributed by atoms with E-state index in [1.165, 1.54) is 31.5 Å². The number of hydrogen-bond acceptors (Lipinski definition) is 2. The van der Waals surface area contributed by atoms with Crippen molar-refractivity contribution in [2.75, 3.05) is 13.1 Å². The Kier molecular flexibility index (Phi) is 2.47. The van der Waals surface area contributed by atoms with Crippen LogP contribution < -0.4 is 5.32 Å². The molecule has 2 aliphatic rings. The second kappa shape index (κ2) is 3.95. The van der Waals surface area contributed by atoms with E-state index in [0.29, 0.717) is 0 Å². The van der Waals surface area contributed by atoms with Crippen LogP contribution in [0.3, 0.4) is 0 Å². The summed E-state index contributed by atoms with van der Waals surface area (Å²) in [5.74, 6) is 0. The lowest BCUT2D eigenvalue weighted by Gasteiger charge is -2.35. The molecule has 2 nitrogen and oxygen atoms in total. The summed E-state index contributed by atoms with van der Waals surface area (Å²) in [5.41, 5.74) is 1.45. The molecule has 1 aromatic rings. The first kappa shape index (κ1) is 9.37. The Morgan fingerprint density at radius 3 is 2.40 bits per heavy atom. The lowest BCUT2D eigenvalue weighted by molar-refractivity contribution is 0.145. The molecular formula is C13H18N2. The fourth-order valence-corrected chi connectivity index (χ4v) is 2.92. The number of hydrogen-bond donors (Lipinski definition) is 1. The molecule has 2 saturated heterocycles. The minimum atomic E-state index is 0.781. The van der Waals surface area contributed by atoms with Gasteiger partial charge in [-0.15, -0.1) is 0 Å². The lowest BCUT2D eigenvalue weighted by Crippen LogP contribution is -2.51. The topological polar surface area (TPSA) is 15.3 Å². The highest BCUT2D eigenvalue weighted by Gasteiger charge is 2.35. The summed E-state index contributed by atoms with van der Waals surface area (Å²) in [5, 5.41) is 3.52. The maximum absolute atomic E-state index is 3.52. The van der Waals surface area contributed by atoms with Gasteiger partial charge in [-0.3, -0.25) is 4.90 Å². The predicted molar refractivity (Wildman–Crippen MR) is 61.7 cm³/mol. The molecule has 1 N–H and O–H groups in total. The summed E-state index contributed by atoms with van der Waals surface area (Å²) in [6.45, 7) is 3.50. The first-order valence-corrected chi connectivity index (χ1v) is 5.94. The van der Waals surface area contributed by atoms with Crippen LogP contribution in [0.1, 0.15) is 18.4 Å². The summed E-state index contributed by atoms with van der Waals surface area (Å²) in [7, 11) is 0. The van der Waals surface area contributed by atoms with Crippen LogP contribution in [0.25, 0.3) is 0 Å². The minimum Gasteiger partial charge on any atom is -0.314 e. The van der Waals surface area contributed by atoms with Crippen LogP contribution in [0, 0.1) is 0 Å². The molecule has 2 heterocycles. The second-order valence-corrected chi connectivity index (χ2v) is 4.70. The Balaban J connectivity index is 1.73. The largest absolute Gasteiger partial charge is 0.314 e. The molecule has 0 radical (unpaired) electrons. The van der Waals surface area contributed by atoms with Gasteiger partial charge in [0.15, 0.2) is 0 Å². The molecule has 80 valence electrons. The molecule has 0 unspecified atom stereocenters. The highest BCUT2D eigenvalue weighted by molar-refractivity contribution is 5.15. The first-order valence-electron chi connectivity index (χ1n) is 5.94. The molecule has 1 aromatic carbocycles. The molecule has 0 amide bonds. The first-order chi connectivity index (χ1) is 7.43. The SMILES string of the molecule is c1ccc(CN2[C@@H]3CC[C@@H]2CNC3)cc1. The van der Waals surface area contributed by atoms with E-state index in [0.717, 1.165) is 18.6 Å². The number of benzene rings is 1. The predicted octanol–water partition coefficient (Wildman–Crippen LogP) is 1.62. The zero-order valence-corrected chi connectivity index (χ0v) is 9.02. The maximum Gasteiger partial charge on any atom is 0.0240 e. The zero-order valence-electron chi connectivity index (χ0n) is 9.02. The summed E-state index contributed by atoms with van der Waals surface area (Å²) < 4.78 is 0. The number of piperazine rings is 1. The van der Waals surface area contributed by atoms with Crippen LogP contribution in [0.15, 0.2) is 30.3 Å². The van der Waals surface area contributed by atoms with E-state index in [2.05, 4.69) is 40.5 Å². The van der Waals surface area contributed by atoms with E-state index in [4.69, 9.17) is 0 Å². The molecule has 2 atom stereocenters. The molecule has 2 fully saturated rings. The van der Waals surface area contributed by atoms with E-state index in [9.17, 15) is 0 Å². The molecule has 0 aromatic heterocycles. The third-order valence-electron chi connectivity index (χ3n) is 3.74. The van der Waals surface area contributed by atoms with Crippen molar-refractivity contribution in [2.45, 2.75) is 31.5 Å². The number of nitrogens with one attached hydrogen (secondary N) is 1. The maximum atomic E-state index is 3.52. The average molecular weight is 202 g/mol. The van der Waals surface area contributed by atoms with Gasteiger partial charge < -0.3 is 5.32 Å². The Labute approximate surface area is 91.3 Å². The van der Waals surface area contributed by atoms with Gasteiger partial charge in [0, 0.05) is 31.7 Å². The molecule has 0 spiro atoms. The van der Waals surface area contributed by atoms with E-state index in [-0.39, 0.29) is 0 Å². The fourth-order valence-electron chi connectivity index (χ4n) is 2.92. The van der Waals surface area contributed by atoms with Gasteiger partial charge in [-0.2, -0.15) is 0 Å². The van der Waals surface area contributed by atoms with E-state index >= 15 is 0 Å². The van der Waals surface area contributed by atoms with Gasteiger partial charge in [0.05, 0.1) is 0 Å². The van der Waals surface area contributed by atoms with Crippen LogP contribution >= 0.6 is 0 Å². The van der Waals surface area contributed by atoms with E-state index in [1.807, 2.05) is 0 Å². The third-order valence-corrected chi connectivity index (χ3v) is 3.74. The van der Waals surface area contributed by atoms with Gasteiger partial charge in [0.25, 0.3) is 0 Å². The van der Waals surface area contributed by atoms with Gasteiger partial charge in [-0.25, -0.2) is 0 Å². The van der Waals surface area contributed by atoms with Gasteiger partial charge in [0.2, 0.25) is 0 Å². The second-order valence-electron chi connectivity index (χ2n) is 4.70. The van der Waals surface area contributed by atoms with Gasteiger partial charge in [-0.1, -0.05) is 30.3 Å². The van der Waals surface area contributed by atoms with Gasteiger partial charge >= 0.3 is 0 Å². The van der Waals surface area contributed by atoms with Crippen molar-refractivity contribution in [3.8, 4) is 0 Å². The minimum absolute atomic E-state index is 0.781. The smallest absolute Gasteiger partial charge is 0.0240 e. The third kappa shape index (κ3) is 1.80. The molecule has 2 heteroatoms. The number of rotatable bonds is 2. The van der Waals surface area contributed by atoms with Crippen LogP contribution in [0.2, 0.25) is 0 Å². The molecular weight excluding hydrogens is 184 g/mol. The molecule has 0 saturated carbocycles. The highest BCUT2D eigenvalue weighted by Crippen LogP contribution is 2.28. The lowest BCUT2D eigenvalue weighted by atomic mass is 10.1. The van der Waals surface area contributed by atoms with Crippen LogP contribution in [-0.2, 0) is 6.54 Å². The molecule has 2 aliphatic heterocycles. The Morgan fingerprint density at radius 1 is 1.07 bits per heavy atom. The summed E-state index contributed by atoms with van der Waals surface area (Å²) >= 11 is 0. The van der Waals surface area contributed by atoms with Crippen LogP contribution in [0.4, 0.5) is 0 Å². The summed E-state index contributed by atoms with van der Waals surface area (Å²) in [6, 6.07) is 12.4. The summed E-state index contributed by atoms with van der Waals surface area (Å²) in [6.07, 6.45) is 2.76. The Hall–Kier alpha value is -0.860. The standard InChI is InChI=1S/C13H18N2/c1-2-4-11(5-3-1)10-15-12-6-7-13(15)9-14-8-12/h1-5,12-14H,6-10H2/t12-,13-/m1/s1. The Morgan fingerprint density at radius 2 is 1.73 bits per heavy atom. The van der Waals surface area contributed by atoms with Crippen molar-refractivity contribution in [3.63, 3.8) is 0 Å². The zero-order chi connectivity index (χ0) is 10.1. The van der Waals surface area contributed by atoms with E-state index < -0.39 is 0 Å². The van der Waals surface area contributed by atoms with Gasteiger partial charge in [-0.05, 0) is 18.4 Å². The van der Waals surface area contributed by atoms with Crippen molar-refractivity contribution in [2.24, 2.45) is 0 Å². The van der Waals surface area contributed by atoms with Crippen molar-refractivity contribution in [3.05, 3.63) is 35.9 Å². The molecule has 2 bridgehead atoms. The van der Waals surface area contributed by atoms with Crippen molar-refractivity contribution in [1.29, 1.82) is 0 Å². The highest BCUT2D eigenvalue weighted by atomic mass is 15.3. The number of fused-ring (bicyclic) bond motifs is 2. The monoisotopic (exact) mass is 202 g/mol. The molecule has 3 rings (SSSR count). The fraction of sp³-hybridized carbons (Fsp3) is 0.538. The van der Waals surface area contributed by atoms with Crippen molar-refractivity contribution >= 4 is 0 Å². The Bertz CT molecular complexity index is 307. The number of nitrogens with zero attached hydrogens (tertiary/aromatic N) is 1. The average Bonchev–Trinajstić information content (AvgIpc) is 2.53. The molecule has 0 aliphatic carbocycles. The van der Waals surface area contributed by atoms with E-state index in [1.54, 1.807) is 0 Å². The summed E-state index contributed by atoms with van der Waals surface area (Å²) in [4.78, 5) is 2.69.